The molecule has 2 rings (SSSR count). The van der Waals surface area contributed by atoms with Crippen LogP contribution in [0.3, 0.4) is 0 Å². The Hall–Kier alpha value is -1.85. The van der Waals surface area contributed by atoms with Crippen LogP contribution in [0, 0.1) is 11.8 Å². The van der Waals surface area contributed by atoms with Gasteiger partial charge in [0.05, 0.1) is 6.54 Å². The Kier molecular flexibility index (Phi) is 4.98. The number of nitrogens with one attached hydrogen (secondary N) is 1. The molecule has 6 heteroatoms. The van der Waals surface area contributed by atoms with E-state index in [1.165, 1.54) is 0 Å². The van der Waals surface area contributed by atoms with Gasteiger partial charge in [-0.3, -0.25) is 9.59 Å². The van der Waals surface area contributed by atoms with E-state index in [4.69, 9.17) is 4.52 Å². The van der Waals surface area contributed by atoms with Gasteiger partial charge in [0.1, 0.15) is 0 Å². The van der Waals surface area contributed by atoms with Gasteiger partial charge in [0, 0.05) is 25.1 Å². The second-order valence-electron chi connectivity index (χ2n) is 5.92. The van der Waals surface area contributed by atoms with Crippen molar-refractivity contribution >= 4 is 11.8 Å². The van der Waals surface area contributed by atoms with Crippen molar-refractivity contribution in [3.63, 3.8) is 0 Å². The third-order valence-corrected chi connectivity index (χ3v) is 3.30. The van der Waals surface area contributed by atoms with Crippen LogP contribution in [0.1, 0.15) is 49.9 Å². The van der Waals surface area contributed by atoms with Crippen molar-refractivity contribution in [2.24, 2.45) is 11.8 Å². The number of aromatic nitrogens is 1. The number of amides is 2. The summed E-state index contributed by atoms with van der Waals surface area (Å²) in [4.78, 5) is 25.7. The smallest absolute Gasteiger partial charge is 0.273 e. The SMILES string of the molecule is CCNC(=O)c1cc(CN(CC(C)C)C(=O)C2CC2)on1. The van der Waals surface area contributed by atoms with E-state index in [1.54, 1.807) is 6.07 Å². The van der Waals surface area contributed by atoms with Crippen molar-refractivity contribution in [1.82, 2.24) is 15.4 Å². The molecule has 0 spiro atoms. The summed E-state index contributed by atoms with van der Waals surface area (Å²) >= 11 is 0. The first kappa shape index (κ1) is 15.5. The Balaban J connectivity index is 2.02. The fraction of sp³-hybridized carbons (Fsp3) is 0.667. The number of hydrogen-bond donors (Lipinski definition) is 1. The normalized spacial score (nSPS) is 14.3. The maximum absolute atomic E-state index is 12.3. The number of nitrogens with zero attached hydrogens (tertiary/aromatic N) is 2. The first-order valence-corrected chi connectivity index (χ1v) is 7.53. The van der Waals surface area contributed by atoms with Crippen molar-refractivity contribution in [1.29, 1.82) is 0 Å². The second kappa shape index (κ2) is 6.74. The Morgan fingerprint density at radius 2 is 2.19 bits per heavy atom. The molecule has 1 heterocycles. The third kappa shape index (κ3) is 4.31. The highest BCUT2D eigenvalue weighted by Crippen LogP contribution is 2.31. The molecule has 21 heavy (non-hydrogen) atoms. The number of rotatable bonds is 7. The zero-order valence-electron chi connectivity index (χ0n) is 12.9. The maximum Gasteiger partial charge on any atom is 0.273 e. The largest absolute Gasteiger partial charge is 0.359 e. The molecule has 1 N–H and O–H groups in total. The minimum atomic E-state index is -0.253. The van der Waals surface area contributed by atoms with Crippen LogP contribution in [0.15, 0.2) is 10.6 Å². The van der Waals surface area contributed by atoms with Gasteiger partial charge in [-0.05, 0) is 25.7 Å². The lowest BCUT2D eigenvalue weighted by atomic mass is 10.2. The van der Waals surface area contributed by atoms with Crippen LogP contribution in [-0.2, 0) is 11.3 Å². The molecular formula is C15H23N3O3. The van der Waals surface area contributed by atoms with Gasteiger partial charge in [-0.15, -0.1) is 0 Å². The van der Waals surface area contributed by atoms with Crippen LogP contribution >= 0.6 is 0 Å². The molecule has 1 fully saturated rings. The molecule has 0 aromatic carbocycles. The minimum Gasteiger partial charge on any atom is -0.359 e. The highest BCUT2D eigenvalue weighted by atomic mass is 16.5. The summed E-state index contributed by atoms with van der Waals surface area (Å²) in [5, 5.41) is 6.43. The average Bonchev–Trinajstić information content (AvgIpc) is 3.17. The quantitative estimate of drug-likeness (QED) is 0.832. The molecule has 0 radical (unpaired) electrons. The first-order chi connectivity index (χ1) is 10.0. The van der Waals surface area contributed by atoms with Crippen LogP contribution < -0.4 is 5.32 Å². The van der Waals surface area contributed by atoms with Crippen LogP contribution in [-0.4, -0.2) is 35.0 Å². The van der Waals surface area contributed by atoms with Gasteiger partial charge in [0.15, 0.2) is 11.5 Å². The summed E-state index contributed by atoms with van der Waals surface area (Å²) < 4.78 is 5.19. The van der Waals surface area contributed by atoms with E-state index in [2.05, 4.69) is 24.3 Å². The summed E-state index contributed by atoms with van der Waals surface area (Å²) in [6, 6.07) is 1.61. The summed E-state index contributed by atoms with van der Waals surface area (Å²) in [6.45, 7) is 7.60. The van der Waals surface area contributed by atoms with Crippen LogP contribution in [0.2, 0.25) is 0 Å². The molecule has 6 nitrogen and oxygen atoms in total. The standard InChI is InChI=1S/C15H23N3O3/c1-4-16-14(19)13-7-12(21-17-13)9-18(8-10(2)3)15(20)11-5-6-11/h7,10-11H,4-6,8-9H2,1-3H3,(H,16,19). The molecule has 1 aromatic rings. The van der Waals surface area contributed by atoms with Gasteiger partial charge < -0.3 is 14.7 Å². The number of carbonyl (C=O) groups excluding carboxylic acids is 2. The molecule has 1 aliphatic rings. The molecule has 0 saturated heterocycles. The van der Waals surface area contributed by atoms with Crippen LogP contribution in [0.5, 0.6) is 0 Å². The van der Waals surface area contributed by atoms with E-state index in [9.17, 15) is 9.59 Å². The van der Waals surface area contributed by atoms with E-state index in [0.29, 0.717) is 31.3 Å². The van der Waals surface area contributed by atoms with Crippen molar-refractivity contribution in [2.75, 3.05) is 13.1 Å². The van der Waals surface area contributed by atoms with E-state index in [0.717, 1.165) is 12.8 Å². The van der Waals surface area contributed by atoms with Crippen molar-refractivity contribution in [3.8, 4) is 0 Å². The Labute approximate surface area is 124 Å². The minimum absolute atomic E-state index is 0.175. The molecule has 116 valence electrons. The summed E-state index contributed by atoms with van der Waals surface area (Å²) in [6.07, 6.45) is 1.96. The van der Waals surface area contributed by atoms with Gasteiger partial charge in [-0.25, -0.2) is 0 Å². The first-order valence-electron chi connectivity index (χ1n) is 7.53. The molecule has 0 unspecified atom stereocenters. The summed E-state index contributed by atoms with van der Waals surface area (Å²) in [5.41, 5.74) is 0.259. The van der Waals surface area contributed by atoms with E-state index in [1.807, 2.05) is 11.8 Å². The lowest BCUT2D eigenvalue weighted by Gasteiger charge is -2.23. The highest BCUT2D eigenvalue weighted by molar-refractivity contribution is 5.92. The zero-order valence-corrected chi connectivity index (χ0v) is 12.9. The lowest BCUT2D eigenvalue weighted by Crippen LogP contribution is -2.34. The highest BCUT2D eigenvalue weighted by Gasteiger charge is 2.34. The molecule has 0 aliphatic heterocycles. The van der Waals surface area contributed by atoms with Gasteiger partial charge in [-0.1, -0.05) is 19.0 Å². The van der Waals surface area contributed by atoms with Crippen molar-refractivity contribution in [2.45, 2.75) is 40.2 Å². The van der Waals surface area contributed by atoms with E-state index < -0.39 is 0 Å². The molecule has 2 amide bonds. The fourth-order valence-corrected chi connectivity index (χ4v) is 2.20. The summed E-state index contributed by atoms with van der Waals surface area (Å²) in [5.74, 6) is 1.04. The van der Waals surface area contributed by atoms with Crippen molar-refractivity contribution < 1.29 is 14.1 Å². The Bertz CT molecular complexity index is 506. The summed E-state index contributed by atoms with van der Waals surface area (Å²) in [7, 11) is 0. The number of carbonyl (C=O) groups is 2. The second-order valence-corrected chi connectivity index (χ2v) is 5.92. The third-order valence-electron chi connectivity index (χ3n) is 3.30. The molecule has 0 atom stereocenters. The zero-order chi connectivity index (χ0) is 15.4. The predicted molar refractivity (Wildman–Crippen MR) is 77.5 cm³/mol. The van der Waals surface area contributed by atoms with Gasteiger partial charge >= 0.3 is 0 Å². The van der Waals surface area contributed by atoms with Crippen molar-refractivity contribution in [3.05, 3.63) is 17.5 Å². The molecule has 1 aliphatic carbocycles. The maximum atomic E-state index is 12.3. The van der Waals surface area contributed by atoms with E-state index >= 15 is 0 Å². The van der Waals surface area contributed by atoms with Gasteiger partial charge in [-0.2, -0.15) is 0 Å². The molecule has 0 bridgehead atoms. The molecule has 1 aromatic heterocycles. The topological polar surface area (TPSA) is 75.4 Å². The van der Waals surface area contributed by atoms with E-state index in [-0.39, 0.29) is 23.4 Å². The molecule has 1 saturated carbocycles. The average molecular weight is 293 g/mol. The monoisotopic (exact) mass is 293 g/mol. The van der Waals surface area contributed by atoms with Gasteiger partial charge in [0.25, 0.3) is 5.91 Å². The Morgan fingerprint density at radius 3 is 2.76 bits per heavy atom. The number of hydrogen-bond acceptors (Lipinski definition) is 4. The van der Waals surface area contributed by atoms with Crippen LogP contribution in [0.4, 0.5) is 0 Å². The predicted octanol–water partition coefficient (Wildman–Crippen LogP) is 1.82. The Morgan fingerprint density at radius 1 is 1.48 bits per heavy atom. The fourth-order valence-electron chi connectivity index (χ4n) is 2.20. The van der Waals surface area contributed by atoms with Gasteiger partial charge in [0.2, 0.25) is 5.91 Å². The molecular weight excluding hydrogens is 270 g/mol. The lowest BCUT2D eigenvalue weighted by molar-refractivity contribution is -0.134. The van der Waals surface area contributed by atoms with Crippen LogP contribution in [0.25, 0.3) is 0 Å².